The maximum Gasteiger partial charge on any atom is 0.431 e. The van der Waals surface area contributed by atoms with Crippen molar-refractivity contribution in [2.75, 3.05) is 13.6 Å². The second kappa shape index (κ2) is 6.40. The molecule has 153 valence electrons. The standard InChI is InChI=1S/C20H21F6N2/c1-3-11-4-5-14-17-13(18(27-14)20(24,25)26)7-15-12(16(11)17)6-10(9-28(15)2)8-19(21,22)23/h4-5,8,10,12,15,27H,3,6-7,9H2,1-2H3/t10-,12+,15-/m1/s1. The first kappa shape index (κ1) is 19.6. The van der Waals surface area contributed by atoms with E-state index in [1.807, 2.05) is 6.92 Å². The summed E-state index contributed by atoms with van der Waals surface area (Å²) in [5.74, 6) is -0.890. The van der Waals surface area contributed by atoms with Gasteiger partial charge in [0.05, 0.1) is 6.42 Å². The van der Waals surface area contributed by atoms with E-state index in [0.29, 0.717) is 30.2 Å². The van der Waals surface area contributed by atoms with Crippen LogP contribution in [0.25, 0.3) is 10.9 Å². The number of alkyl halides is 6. The van der Waals surface area contributed by atoms with Gasteiger partial charge in [-0.05, 0) is 55.0 Å². The molecule has 2 heterocycles. The van der Waals surface area contributed by atoms with E-state index in [-0.39, 0.29) is 30.5 Å². The maximum absolute atomic E-state index is 13.6. The van der Waals surface area contributed by atoms with E-state index >= 15 is 0 Å². The molecule has 2 aliphatic rings. The Bertz CT molecular complexity index is 895. The van der Waals surface area contributed by atoms with Gasteiger partial charge in [0.1, 0.15) is 5.69 Å². The van der Waals surface area contributed by atoms with Crippen LogP contribution in [-0.4, -0.2) is 35.7 Å². The molecule has 1 aromatic heterocycles. The number of nitrogens with zero attached hydrogens (tertiary/aromatic N) is 1. The third kappa shape index (κ3) is 3.19. The highest BCUT2D eigenvalue weighted by atomic mass is 19.4. The van der Waals surface area contributed by atoms with Crippen LogP contribution in [0.5, 0.6) is 0 Å². The van der Waals surface area contributed by atoms with Gasteiger partial charge in [0.2, 0.25) is 0 Å². The third-order valence-corrected chi connectivity index (χ3v) is 6.18. The Kier molecular flexibility index (Phi) is 4.48. The Morgan fingerprint density at radius 1 is 1.18 bits per heavy atom. The van der Waals surface area contributed by atoms with Gasteiger partial charge < -0.3 is 9.88 Å². The number of fused-ring (bicyclic) bond motifs is 2. The summed E-state index contributed by atoms with van der Waals surface area (Å²) in [7, 11) is 1.71. The van der Waals surface area contributed by atoms with Gasteiger partial charge in [0, 0.05) is 29.4 Å². The lowest BCUT2D eigenvalue weighted by Crippen LogP contribution is -2.49. The molecule has 8 heteroatoms. The zero-order chi connectivity index (χ0) is 20.4. The lowest BCUT2D eigenvalue weighted by atomic mass is 9.70. The number of aromatic nitrogens is 1. The molecule has 0 unspecified atom stereocenters. The largest absolute Gasteiger partial charge is 0.431 e. The molecule has 1 radical (unpaired) electrons. The molecule has 0 amide bonds. The Morgan fingerprint density at radius 3 is 2.50 bits per heavy atom. The van der Waals surface area contributed by atoms with Crippen molar-refractivity contribution >= 4 is 10.9 Å². The molecule has 1 aromatic carbocycles. The number of benzene rings is 1. The summed E-state index contributed by atoms with van der Waals surface area (Å²) in [6, 6.07) is 3.22. The van der Waals surface area contributed by atoms with E-state index in [9.17, 15) is 26.3 Å². The van der Waals surface area contributed by atoms with Gasteiger partial charge in [0.15, 0.2) is 0 Å². The van der Waals surface area contributed by atoms with Crippen LogP contribution < -0.4 is 0 Å². The summed E-state index contributed by atoms with van der Waals surface area (Å²) in [5.41, 5.74) is 1.65. The minimum atomic E-state index is -4.50. The lowest BCUT2D eigenvalue weighted by Gasteiger charge is -2.46. The second-order valence-corrected chi connectivity index (χ2v) is 7.91. The Morgan fingerprint density at radius 2 is 1.89 bits per heavy atom. The van der Waals surface area contributed by atoms with E-state index in [1.54, 1.807) is 24.1 Å². The van der Waals surface area contributed by atoms with Crippen molar-refractivity contribution in [1.29, 1.82) is 0 Å². The predicted octanol–water partition coefficient (Wildman–Crippen LogP) is 5.48. The van der Waals surface area contributed by atoms with Gasteiger partial charge in [-0.1, -0.05) is 13.0 Å². The van der Waals surface area contributed by atoms with Crippen molar-refractivity contribution in [2.24, 2.45) is 5.92 Å². The number of rotatable bonds is 2. The molecule has 0 saturated carbocycles. The summed E-state index contributed by atoms with van der Waals surface area (Å²) >= 11 is 0. The smallest absolute Gasteiger partial charge is 0.351 e. The van der Waals surface area contributed by atoms with Crippen LogP contribution in [0.4, 0.5) is 26.3 Å². The number of aryl methyl sites for hydroxylation is 1. The molecule has 1 aliphatic carbocycles. The fraction of sp³-hybridized carbons (Fsp3) is 0.550. The van der Waals surface area contributed by atoms with Gasteiger partial charge >= 0.3 is 12.4 Å². The number of H-pyrrole nitrogens is 1. The number of hydrogen-bond donors (Lipinski definition) is 1. The number of nitrogens with one attached hydrogen (secondary N) is 1. The Hall–Kier alpha value is -1.70. The minimum absolute atomic E-state index is 0.189. The summed E-state index contributed by atoms with van der Waals surface area (Å²) < 4.78 is 79.6. The van der Waals surface area contributed by atoms with Crippen molar-refractivity contribution < 1.29 is 26.3 Å². The molecule has 3 atom stereocenters. The van der Waals surface area contributed by atoms with Gasteiger partial charge in [-0.25, -0.2) is 0 Å². The first-order valence-corrected chi connectivity index (χ1v) is 9.36. The molecule has 1 fully saturated rings. The average Bonchev–Trinajstić information content (AvgIpc) is 2.94. The number of likely N-dealkylation sites (N-methyl/N-ethyl adjacent to an activating group) is 1. The Labute approximate surface area is 158 Å². The van der Waals surface area contributed by atoms with Crippen molar-refractivity contribution in [1.82, 2.24) is 9.88 Å². The summed E-state index contributed by atoms with van der Waals surface area (Å²) in [6.45, 7) is 2.11. The van der Waals surface area contributed by atoms with Crippen molar-refractivity contribution in [2.45, 2.75) is 50.5 Å². The van der Waals surface area contributed by atoms with Crippen LogP contribution in [0.15, 0.2) is 12.1 Å². The molecular weight excluding hydrogens is 382 g/mol. The third-order valence-electron chi connectivity index (χ3n) is 6.18. The van der Waals surface area contributed by atoms with Crippen LogP contribution in [0.3, 0.4) is 0 Å². The van der Waals surface area contributed by atoms with Crippen LogP contribution in [0.1, 0.15) is 41.6 Å². The topological polar surface area (TPSA) is 19.0 Å². The molecule has 1 N–H and O–H groups in total. The summed E-state index contributed by atoms with van der Waals surface area (Å²) in [4.78, 5) is 4.33. The summed E-state index contributed by atoms with van der Waals surface area (Å²) in [5, 5.41) is 0.564. The van der Waals surface area contributed by atoms with Crippen LogP contribution >= 0.6 is 0 Å². The van der Waals surface area contributed by atoms with Crippen LogP contribution in [0, 0.1) is 12.3 Å². The van der Waals surface area contributed by atoms with Crippen molar-refractivity contribution in [3.8, 4) is 0 Å². The lowest BCUT2D eigenvalue weighted by molar-refractivity contribution is -0.141. The van der Waals surface area contributed by atoms with E-state index in [0.717, 1.165) is 11.1 Å². The molecular formula is C20H21F6N2. The molecule has 2 nitrogen and oxygen atoms in total. The molecule has 1 saturated heterocycles. The SMILES string of the molecule is CCc1ccc2[nH]c(C(F)(F)F)c3c2c1[C@H]1C[C@H]([CH]C(F)(F)F)CN(C)[C@@H]1C3. The molecule has 28 heavy (non-hydrogen) atoms. The zero-order valence-corrected chi connectivity index (χ0v) is 15.5. The van der Waals surface area contributed by atoms with Crippen LogP contribution in [0.2, 0.25) is 0 Å². The first-order chi connectivity index (χ1) is 13.0. The maximum atomic E-state index is 13.6. The number of aromatic amines is 1. The van der Waals surface area contributed by atoms with Gasteiger partial charge in [0.25, 0.3) is 0 Å². The zero-order valence-electron chi connectivity index (χ0n) is 15.5. The predicted molar refractivity (Wildman–Crippen MR) is 94.0 cm³/mol. The highest BCUT2D eigenvalue weighted by Crippen LogP contribution is 2.50. The van der Waals surface area contributed by atoms with E-state index in [4.69, 9.17) is 0 Å². The Balaban J connectivity index is 1.87. The van der Waals surface area contributed by atoms with E-state index < -0.39 is 24.0 Å². The fourth-order valence-electron chi connectivity index (χ4n) is 5.18. The van der Waals surface area contributed by atoms with E-state index in [2.05, 4.69) is 4.98 Å². The fourth-order valence-corrected chi connectivity index (χ4v) is 5.18. The first-order valence-electron chi connectivity index (χ1n) is 9.36. The van der Waals surface area contributed by atoms with Gasteiger partial charge in [-0.15, -0.1) is 0 Å². The molecule has 2 aromatic rings. The van der Waals surface area contributed by atoms with Gasteiger partial charge in [-0.2, -0.15) is 26.3 Å². The van der Waals surface area contributed by atoms with Gasteiger partial charge in [-0.3, -0.25) is 0 Å². The average molecular weight is 403 g/mol. The number of halogens is 6. The molecule has 0 bridgehead atoms. The molecule has 4 rings (SSSR count). The number of piperidine rings is 1. The highest BCUT2D eigenvalue weighted by molar-refractivity contribution is 5.91. The number of likely N-dealkylation sites (tertiary alicyclic amines) is 1. The molecule has 0 spiro atoms. The highest BCUT2D eigenvalue weighted by Gasteiger charge is 2.46. The minimum Gasteiger partial charge on any atom is -0.351 e. The monoisotopic (exact) mass is 403 g/mol. The quantitative estimate of drug-likeness (QED) is 0.659. The van der Waals surface area contributed by atoms with Crippen molar-refractivity contribution in [3.05, 3.63) is 40.9 Å². The normalized spacial score (nSPS) is 25.9. The summed E-state index contributed by atoms with van der Waals surface area (Å²) in [6.07, 6.45) is -7.32. The van der Waals surface area contributed by atoms with Crippen molar-refractivity contribution in [3.63, 3.8) is 0 Å². The molecule has 1 aliphatic heterocycles. The number of hydrogen-bond acceptors (Lipinski definition) is 1. The van der Waals surface area contributed by atoms with E-state index in [1.165, 1.54) is 0 Å². The van der Waals surface area contributed by atoms with Crippen LogP contribution in [-0.2, 0) is 19.0 Å². The second-order valence-electron chi connectivity index (χ2n) is 7.91.